The Morgan fingerprint density at radius 2 is 1.72 bits per heavy atom. The lowest BCUT2D eigenvalue weighted by atomic mass is 10.1. The second-order valence-corrected chi connectivity index (χ2v) is 6.52. The molecule has 0 N–H and O–H groups in total. The molecule has 0 aliphatic heterocycles. The summed E-state index contributed by atoms with van der Waals surface area (Å²) in [5.74, 6) is 0.614. The fraction of sp³-hybridized carbons (Fsp3) is 0.0500. The monoisotopic (exact) mass is 365 g/mol. The molecule has 0 spiro atoms. The zero-order chi connectivity index (χ0) is 17.2. The molecule has 3 nitrogen and oxygen atoms in total. The van der Waals surface area contributed by atoms with E-state index in [1.54, 1.807) is 6.07 Å². The molecule has 0 aliphatic carbocycles. The average Bonchev–Trinajstić information content (AvgIpc) is 2.64. The van der Waals surface area contributed by atoms with Crippen molar-refractivity contribution in [2.75, 3.05) is 0 Å². The fourth-order valence-corrected chi connectivity index (χ4v) is 3.13. The number of hydrogen-bond donors (Lipinski definition) is 0. The van der Waals surface area contributed by atoms with Crippen LogP contribution in [0.2, 0.25) is 10.0 Å². The molecule has 0 saturated carbocycles. The predicted molar refractivity (Wildman–Crippen MR) is 102 cm³/mol. The number of pyridine rings is 1. The van der Waals surface area contributed by atoms with Crippen molar-refractivity contribution >= 4 is 34.1 Å². The van der Waals surface area contributed by atoms with Gasteiger partial charge in [-0.25, -0.2) is 15.0 Å². The first-order valence-corrected chi connectivity index (χ1v) is 8.57. The molecule has 4 rings (SSSR count). The third kappa shape index (κ3) is 3.48. The molecule has 0 fully saturated rings. The van der Waals surface area contributed by atoms with Gasteiger partial charge in [0.2, 0.25) is 0 Å². The van der Waals surface area contributed by atoms with Gasteiger partial charge in [0.15, 0.2) is 5.82 Å². The van der Waals surface area contributed by atoms with Crippen molar-refractivity contribution in [2.45, 2.75) is 6.42 Å². The van der Waals surface area contributed by atoms with E-state index in [-0.39, 0.29) is 0 Å². The molecule has 25 heavy (non-hydrogen) atoms. The fourth-order valence-electron chi connectivity index (χ4n) is 2.66. The van der Waals surface area contributed by atoms with Crippen LogP contribution in [0.25, 0.3) is 22.4 Å². The van der Waals surface area contributed by atoms with Crippen LogP contribution in [0.4, 0.5) is 0 Å². The maximum Gasteiger partial charge on any atom is 0.178 e. The molecule has 0 radical (unpaired) electrons. The highest BCUT2D eigenvalue weighted by Crippen LogP contribution is 2.24. The van der Waals surface area contributed by atoms with Crippen molar-refractivity contribution in [1.82, 2.24) is 15.0 Å². The highest BCUT2D eigenvalue weighted by Gasteiger charge is 2.08. The Kier molecular flexibility index (Phi) is 4.35. The summed E-state index contributed by atoms with van der Waals surface area (Å²) in [7, 11) is 0. The second kappa shape index (κ2) is 6.79. The van der Waals surface area contributed by atoms with Crippen molar-refractivity contribution in [1.29, 1.82) is 0 Å². The number of benzene rings is 2. The van der Waals surface area contributed by atoms with Crippen LogP contribution in [0.5, 0.6) is 0 Å². The summed E-state index contributed by atoms with van der Waals surface area (Å²) >= 11 is 12.2. The van der Waals surface area contributed by atoms with Crippen LogP contribution >= 0.6 is 23.2 Å². The van der Waals surface area contributed by atoms with Gasteiger partial charge in [-0.2, -0.15) is 0 Å². The van der Waals surface area contributed by atoms with Crippen molar-refractivity contribution in [3.8, 4) is 11.5 Å². The van der Waals surface area contributed by atoms with Gasteiger partial charge in [0.05, 0.1) is 5.52 Å². The number of fused-ring (bicyclic) bond motifs is 1. The van der Waals surface area contributed by atoms with E-state index in [1.165, 1.54) is 0 Å². The molecular formula is C20H13Cl2N3. The van der Waals surface area contributed by atoms with Crippen LogP contribution in [0.1, 0.15) is 11.3 Å². The van der Waals surface area contributed by atoms with E-state index in [0.717, 1.165) is 27.9 Å². The Morgan fingerprint density at radius 1 is 0.840 bits per heavy atom. The first-order valence-electron chi connectivity index (χ1n) is 7.81. The number of para-hydroxylation sites is 1. The SMILES string of the molecule is Clc1ccc(Cc2cccc(-c3ncc4ccccc4n3)n2)c(Cl)c1. The minimum Gasteiger partial charge on any atom is -0.249 e. The maximum absolute atomic E-state index is 6.26. The zero-order valence-corrected chi connectivity index (χ0v) is 14.7. The van der Waals surface area contributed by atoms with E-state index in [2.05, 4.69) is 9.97 Å². The van der Waals surface area contributed by atoms with Crippen molar-refractivity contribution in [2.24, 2.45) is 0 Å². The molecule has 0 saturated heterocycles. The normalized spacial score (nSPS) is 11.0. The quantitative estimate of drug-likeness (QED) is 0.474. The maximum atomic E-state index is 6.26. The Balaban J connectivity index is 1.68. The average molecular weight is 366 g/mol. The molecule has 0 bridgehead atoms. The topological polar surface area (TPSA) is 38.7 Å². The zero-order valence-electron chi connectivity index (χ0n) is 13.2. The molecular weight excluding hydrogens is 353 g/mol. The van der Waals surface area contributed by atoms with Gasteiger partial charge in [0, 0.05) is 33.7 Å². The minimum absolute atomic E-state index is 0.614. The van der Waals surface area contributed by atoms with Gasteiger partial charge in [-0.05, 0) is 35.9 Å². The van der Waals surface area contributed by atoms with Gasteiger partial charge in [0.1, 0.15) is 5.69 Å². The van der Waals surface area contributed by atoms with Crippen molar-refractivity contribution in [3.63, 3.8) is 0 Å². The summed E-state index contributed by atoms with van der Waals surface area (Å²) in [6.07, 6.45) is 2.44. The van der Waals surface area contributed by atoms with Crippen LogP contribution in [0.15, 0.2) is 66.9 Å². The third-order valence-electron chi connectivity index (χ3n) is 3.91. The number of halogens is 2. The van der Waals surface area contributed by atoms with Gasteiger partial charge in [0.25, 0.3) is 0 Å². The summed E-state index contributed by atoms with van der Waals surface area (Å²) in [6, 6.07) is 19.2. The predicted octanol–water partition coefficient (Wildman–Crippen LogP) is 5.59. The van der Waals surface area contributed by atoms with Gasteiger partial charge in [-0.3, -0.25) is 0 Å². The largest absolute Gasteiger partial charge is 0.249 e. The molecule has 2 heterocycles. The highest BCUT2D eigenvalue weighted by atomic mass is 35.5. The molecule has 0 atom stereocenters. The van der Waals surface area contributed by atoms with E-state index in [4.69, 9.17) is 28.2 Å². The van der Waals surface area contributed by atoms with Crippen molar-refractivity contribution < 1.29 is 0 Å². The first-order chi connectivity index (χ1) is 12.2. The van der Waals surface area contributed by atoms with Crippen LogP contribution in [0, 0.1) is 0 Å². The molecule has 4 aromatic rings. The first kappa shape index (κ1) is 16.0. The van der Waals surface area contributed by atoms with E-state index in [1.807, 2.05) is 60.8 Å². The number of hydrogen-bond acceptors (Lipinski definition) is 3. The summed E-state index contributed by atoms with van der Waals surface area (Å²) in [5, 5.41) is 2.28. The summed E-state index contributed by atoms with van der Waals surface area (Å²) in [6.45, 7) is 0. The lowest BCUT2D eigenvalue weighted by Gasteiger charge is -2.07. The smallest absolute Gasteiger partial charge is 0.178 e. The van der Waals surface area contributed by atoms with Crippen molar-refractivity contribution in [3.05, 3.63) is 88.2 Å². The third-order valence-corrected chi connectivity index (χ3v) is 4.50. The van der Waals surface area contributed by atoms with Crippen LogP contribution < -0.4 is 0 Å². The molecule has 5 heteroatoms. The number of aromatic nitrogens is 3. The lowest BCUT2D eigenvalue weighted by molar-refractivity contribution is 1.06. The minimum atomic E-state index is 0.614. The number of rotatable bonds is 3. The van der Waals surface area contributed by atoms with Gasteiger partial charge in [-0.15, -0.1) is 0 Å². The summed E-state index contributed by atoms with van der Waals surface area (Å²) in [4.78, 5) is 13.7. The summed E-state index contributed by atoms with van der Waals surface area (Å²) < 4.78 is 0. The molecule has 0 aliphatic rings. The van der Waals surface area contributed by atoms with E-state index >= 15 is 0 Å². The lowest BCUT2D eigenvalue weighted by Crippen LogP contribution is -1.97. The molecule has 122 valence electrons. The Morgan fingerprint density at radius 3 is 2.60 bits per heavy atom. The van der Waals surface area contributed by atoms with Gasteiger partial charge < -0.3 is 0 Å². The van der Waals surface area contributed by atoms with Gasteiger partial charge in [-0.1, -0.05) is 53.5 Å². The second-order valence-electron chi connectivity index (χ2n) is 5.68. The molecule has 0 amide bonds. The molecule has 0 unspecified atom stereocenters. The van der Waals surface area contributed by atoms with E-state index in [0.29, 0.717) is 22.3 Å². The van der Waals surface area contributed by atoms with Crippen LogP contribution in [-0.2, 0) is 6.42 Å². The van der Waals surface area contributed by atoms with E-state index < -0.39 is 0 Å². The van der Waals surface area contributed by atoms with Crippen LogP contribution in [-0.4, -0.2) is 15.0 Å². The molecule has 2 aromatic heterocycles. The standard InChI is InChI=1S/C20H13Cl2N3/c21-15-9-8-13(17(22)11-15)10-16-5-3-7-19(24-16)20-23-12-14-4-1-2-6-18(14)25-20/h1-9,11-12H,10H2. The Labute approximate surface area is 155 Å². The Hall–Kier alpha value is -2.49. The Bertz CT molecular complexity index is 1060. The van der Waals surface area contributed by atoms with E-state index in [9.17, 15) is 0 Å². The summed E-state index contributed by atoms with van der Waals surface area (Å²) in [5.41, 5.74) is 3.53. The molecule has 2 aromatic carbocycles. The highest BCUT2D eigenvalue weighted by molar-refractivity contribution is 6.35. The van der Waals surface area contributed by atoms with Crippen LogP contribution in [0.3, 0.4) is 0 Å². The van der Waals surface area contributed by atoms with Gasteiger partial charge >= 0.3 is 0 Å². The number of nitrogens with zero attached hydrogens (tertiary/aromatic N) is 3.